The zero-order valence-electron chi connectivity index (χ0n) is 12.1. The van der Waals surface area contributed by atoms with Gasteiger partial charge in [0.05, 0.1) is 6.04 Å². The van der Waals surface area contributed by atoms with Crippen LogP contribution in [0.1, 0.15) is 47.9 Å². The molecule has 21 heavy (non-hydrogen) atoms. The van der Waals surface area contributed by atoms with Crippen molar-refractivity contribution < 1.29 is 0 Å². The van der Waals surface area contributed by atoms with E-state index in [4.69, 9.17) is 0 Å². The van der Waals surface area contributed by atoms with Crippen LogP contribution in [0.2, 0.25) is 0 Å². The lowest BCUT2D eigenvalue weighted by molar-refractivity contribution is 0.415. The minimum Gasteiger partial charge on any atom is -0.309 e. The summed E-state index contributed by atoms with van der Waals surface area (Å²) in [5.74, 6) is 0.739. The Labute approximate surface area is 143 Å². The third-order valence-corrected chi connectivity index (χ3v) is 5.63. The number of benzene rings is 2. The lowest BCUT2D eigenvalue weighted by Crippen LogP contribution is -2.22. The molecule has 0 spiro atoms. The van der Waals surface area contributed by atoms with Gasteiger partial charge in [0.15, 0.2) is 0 Å². The summed E-state index contributed by atoms with van der Waals surface area (Å²) in [6.07, 6.45) is 4.02. The lowest BCUT2D eigenvalue weighted by Gasteiger charge is -2.31. The maximum Gasteiger partial charge on any atom is 0.0588 e. The average molecular weight is 409 g/mol. The smallest absolute Gasteiger partial charge is 0.0588 e. The van der Waals surface area contributed by atoms with E-state index in [0.717, 1.165) is 14.9 Å². The van der Waals surface area contributed by atoms with E-state index in [1.54, 1.807) is 0 Å². The Morgan fingerprint density at radius 3 is 2.48 bits per heavy atom. The van der Waals surface area contributed by atoms with Crippen LogP contribution in [0, 0.1) is 0 Å². The van der Waals surface area contributed by atoms with Gasteiger partial charge in [0, 0.05) is 8.95 Å². The van der Waals surface area contributed by atoms with Crippen LogP contribution in [0.15, 0.2) is 51.4 Å². The van der Waals surface area contributed by atoms with Gasteiger partial charge in [0.1, 0.15) is 0 Å². The van der Waals surface area contributed by atoms with Crippen molar-refractivity contribution in [1.29, 1.82) is 0 Å². The summed E-state index contributed by atoms with van der Waals surface area (Å²) in [5.41, 5.74) is 4.19. The molecular formula is C18H19Br2N. The van der Waals surface area contributed by atoms with Gasteiger partial charge >= 0.3 is 0 Å². The highest BCUT2D eigenvalue weighted by Gasteiger charge is 2.25. The Hall–Kier alpha value is -0.640. The van der Waals surface area contributed by atoms with Crippen molar-refractivity contribution in [3.8, 4) is 0 Å². The Morgan fingerprint density at radius 2 is 1.81 bits per heavy atom. The molecular weight excluding hydrogens is 390 g/mol. The van der Waals surface area contributed by atoms with Crippen molar-refractivity contribution in [2.45, 2.75) is 31.2 Å². The number of hydrogen-bond donors (Lipinski definition) is 1. The van der Waals surface area contributed by atoms with Crippen LogP contribution < -0.4 is 5.32 Å². The summed E-state index contributed by atoms with van der Waals surface area (Å²) in [4.78, 5) is 0. The second-order valence-electron chi connectivity index (χ2n) is 5.64. The fraction of sp³-hybridized carbons (Fsp3) is 0.333. The number of rotatable bonds is 4. The topological polar surface area (TPSA) is 12.0 Å². The van der Waals surface area contributed by atoms with E-state index < -0.39 is 0 Å². The van der Waals surface area contributed by atoms with Gasteiger partial charge in [0.2, 0.25) is 0 Å². The summed E-state index contributed by atoms with van der Waals surface area (Å²) in [7, 11) is 2.04. The van der Waals surface area contributed by atoms with E-state index in [0.29, 0.717) is 0 Å². The molecule has 0 aliphatic heterocycles. The zero-order valence-corrected chi connectivity index (χ0v) is 15.2. The molecule has 3 rings (SSSR count). The van der Waals surface area contributed by atoms with Gasteiger partial charge in [-0.15, -0.1) is 0 Å². The molecule has 1 saturated carbocycles. The first-order valence-corrected chi connectivity index (χ1v) is 9.00. The maximum atomic E-state index is 3.70. The average Bonchev–Trinajstić information content (AvgIpc) is 2.43. The van der Waals surface area contributed by atoms with Crippen LogP contribution in [0.5, 0.6) is 0 Å². The summed E-state index contributed by atoms with van der Waals surface area (Å²) in [5, 5.41) is 3.50. The number of hydrogen-bond acceptors (Lipinski definition) is 1. The van der Waals surface area contributed by atoms with Gasteiger partial charge in [-0.3, -0.25) is 0 Å². The van der Waals surface area contributed by atoms with Crippen LogP contribution in [0.3, 0.4) is 0 Å². The van der Waals surface area contributed by atoms with Crippen LogP contribution in [0.25, 0.3) is 0 Å². The predicted molar refractivity (Wildman–Crippen MR) is 95.8 cm³/mol. The van der Waals surface area contributed by atoms with Gasteiger partial charge in [-0.05, 0) is 60.7 Å². The van der Waals surface area contributed by atoms with E-state index >= 15 is 0 Å². The molecule has 1 aliphatic carbocycles. The first-order valence-electron chi connectivity index (χ1n) is 7.41. The summed E-state index contributed by atoms with van der Waals surface area (Å²) >= 11 is 7.29. The summed E-state index contributed by atoms with van der Waals surface area (Å²) in [6, 6.07) is 15.5. The SMILES string of the molecule is CNC(c1cc(Br)ccc1Br)c1ccccc1C1CCC1. The van der Waals surface area contributed by atoms with Crippen molar-refractivity contribution in [2.24, 2.45) is 0 Å². The highest BCUT2D eigenvalue weighted by Crippen LogP contribution is 2.41. The highest BCUT2D eigenvalue weighted by molar-refractivity contribution is 9.11. The fourth-order valence-electron chi connectivity index (χ4n) is 3.08. The lowest BCUT2D eigenvalue weighted by atomic mass is 9.76. The third kappa shape index (κ3) is 3.10. The van der Waals surface area contributed by atoms with Gasteiger partial charge in [0.25, 0.3) is 0 Å². The summed E-state index contributed by atoms with van der Waals surface area (Å²) < 4.78 is 2.26. The molecule has 0 aromatic heterocycles. The molecule has 2 aromatic carbocycles. The number of nitrogens with one attached hydrogen (secondary N) is 1. The largest absolute Gasteiger partial charge is 0.309 e. The standard InChI is InChI=1S/C18H19Br2N/c1-21-18(16-11-13(19)9-10-17(16)20)15-8-3-2-7-14(15)12-5-4-6-12/h2-3,7-12,18,21H,4-6H2,1H3. The highest BCUT2D eigenvalue weighted by atomic mass is 79.9. The van der Waals surface area contributed by atoms with Crippen molar-refractivity contribution in [1.82, 2.24) is 5.32 Å². The molecule has 1 N–H and O–H groups in total. The normalized spacial score (nSPS) is 16.5. The van der Waals surface area contributed by atoms with Gasteiger partial charge in [-0.2, -0.15) is 0 Å². The molecule has 1 atom stereocenters. The first-order chi connectivity index (χ1) is 10.2. The summed E-state index contributed by atoms with van der Waals surface area (Å²) in [6.45, 7) is 0. The fourth-order valence-corrected chi connectivity index (χ4v) is 3.93. The molecule has 0 heterocycles. The quantitative estimate of drug-likeness (QED) is 0.675. The second kappa shape index (κ2) is 6.64. The van der Waals surface area contributed by atoms with Gasteiger partial charge in [-0.25, -0.2) is 0 Å². The molecule has 0 amide bonds. The number of halogens is 2. The first kappa shape index (κ1) is 15.3. The molecule has 1 unspecified atom stereocenters. The second-order valence-corrected chi connectivity index (χ2v) is 7.41. The minimum atomic E-state index is 0.216. The molecule has 0 bridgehead atoms. The van der Waals surface area contributed by atoms with Crippen molar-refractivity contribution in [2.75, 3.05) is 7.05 Å². The maximum absolute atomic E-state index is 3.70. The van der Waals surface area contributed by atoms with Gasteiger partial charge < -0.3 is 5.32 Å². The van der Waals surface area contributed by atoms with E-state index in [2.05, 4.69) is 79.6 Å². The van der Waals surface area contributed by atoms with Crippen molar-refractivity contribution >= 4 is 31.9 Å². The third-order valence-electron chi connectivity index (χ3n) is 4.41. The Kier molecular flexibility index (Phi) is 4.82. The molecule has 2 aromatic rings. The molecule has 3 heteroatoms. The Balaban J connectivity index is 2.06. The monoisotopic (exact) mass is 407 g/mol. The van der Waals surface area contributed by atoms with Crippen molar-refractivity contribution in [3.05, 3.63) is 68.1 Å². The molecule has 110 valence electrons. The zero-order chi connectivity index (χ0) is 14.8. The van der Waals surface area contributed by atoms with Crippen LogP contribution in [-0.4, -0.2) is 7.05 Å². The van der Waals surface area contributed by atoms with E-state index in [9.17, 15) is 0 Å². The molecule has 0 saturated heterocycles. The van der Waals surface area contributed by atoms with E-state index in [-0.39, 0.29) is 6.04 Å². The molecule has 1 fully saturated rings. The Morgan fingerprint density at radius 1 is 1.05 bits per heavy atom. The molecule has 0 radical (unpaired) electrons. The van der Waals surface area contributed by atoms with Crippen LogP contribution in [0.4, 0.5) is 0 Å². The van der Waals surface area contributed by atoms with E-state index in [1.165, 1.54) is 36.0 Å². The predicted octanol–water partition coefficient (Wildman–Crippen LogP) is 5.79. The molecule has 1 nitrogen and oxygen atoms in total. The van der Waals surface area contributed by atoms with E-state index in [1.807, 2.05) is 7.05 Å². The molecule has 1 aliphatic rings. The van der Waals surface area contributed by atoms with Crippen molar-refractivity contribution in [3.63, 3.8) is 0 Å². The van der Waals surface area contributed by atoms with Gasteiger partial charge in [-0.1, -0.05) is 62.5 Å². The minimum absolute atomic E-state index is 0.216. The van der Waals surface area contributed by atoms with Crippen LogP contribution in [-0.2, 0) is 0 Å². The van der Waals surface area contributed by atoms with Crippen LogP contribution >= 0.6 is 31.9 Å². The Bertz CT molecular complexity index is 635.